The number of aryl methyl sites for hydroxylation is 2. The highest BCUT2D eigenvalue weighted by Gasteiger charge is 2.24. The van der Waals surface area contributed by atoms with Crippen molar-refractivity contribution in [3.8, 4) is 0 Å². The van der Waals surface area contributed by atoms with E-state index in [0.717, 1.165) is 45.8 Å². The zero-order valence-electron chi connectivity index (χ0n) is 17.4. The topological polar surface area (TPSA) is 77.4 Å². The van der Waals surface area contributed by atoms with Gasteiger partial charge < -0.3 is 20.9 Å². The number of carbonyl (C=O) groups is 1. The second-order valence-corrected chi connectivity index (χ2v) is 8.60. The molecule has 6 nitrogen and oxygen atoms in total. The number of fused-ring (bicyclic) bond motifs is 1. The highest BCUT2D eigenvalue weighted by molar-refractivity contribution is 9.10. The van der Waals surface area contributed by atoms with Gasteiger partial charge in [-0.15, -0.1) is 0 Å². The molecular weight excluding hydrogens is 430 g/mol. The molecule has 0 bridgehead atoms. The molecule has 2 aliphatic heterocycles. The maximum Gasteiger partial charge on any atom is 0.256 e. The fourth-order valence-electron chi connectivity index (χ4n) is 3.60. The Morgan fingerprint density at radius 2 is 1.90 bits per heavy atom. The number of aromatic amines is 1. The van der Waals surface area contributed by atoms with Gasteiger partial charge in [-0.1, -0.05) is 15.9 Å². The van der Waals surface area contributed by atoms with Crippen LogP contribution in [-0.4, -0.2) is 67.0 Å². The Hall–Kier alpha value is -1.93. The summed E-state index contributed by atoms with van der Waals surface area (Å²) in [5, 5.41) is 2.88. The van der Waals surface area contributed by atoms with Gasteiger partial charge in [0.15, 0.2) is 0 Å². The van der Waals surface area contributed by atoms with Gasteiger partial charge in [0.1, 0.15) is 0 Å². The van der Waals surface area contributed by atoms with Gasteiger partial charge in [-0.25, -0.2) is 0 Å². The van der Waals surface area contributed by atoms with Crippen LogP contribution in [0.5, 0.6) is 0 Å². The van der Waals surface area contributed by atoms with Crippen LogP contribution in [0.2, 0.25) is 0 Å². The van der Waals surface area contributed by atoms with Gasteiger partial charge in [-0.2, -0.15) is 0 Å². The smallest absolute Gasteiger partial charge is 0.256 e. The molecule has 0 saturated carbocycles. The number of nitrogens with two attached hydrogens (primary N) is 1. The zero-order valence-corrected chi connectivity index (χ0v) is 19.0. The normalized spacial score (nSPS) is 18.4. The van der Waals surface area contributed by atoms with E-state index in [1.807, 2.05) is 38.1 Å². The number of hydrogen-bond acceptors (Lipinski definition) is 4. The molecule has 2 aromatic rings. The Morgan fingerprint density at radius 3 is 2.52 bits per heavy atom. The molecular formula is C22H30BrN5O. The van der Waals surface area contributed by atoms with Gasteiger partial charge in [0, 0.05) is 66.4 Å². The highest BCUT2D eigenvalue weighted by atomic mass is 79.9. The number of benzene rings is 1. The number of H-pyrrole nitrogens is 1. The van der Waals surface area contributed by atoms with E-state index in [1.54, 1.807) is 0 Å². The number of nitrogens with one attached hydrogen (secondary N) is 2. The largest absolute Gasteiger partial charge is 0.359 e. The lowest BCUT2D eigenvalue weighted by molar-refractivity contribution is -0.110. The number of hydrogen-bond donors (Lipinski definition) is 3. The first-order valence-electron chi connectivity index (χ1n) is 9.97. The minimum Gasteiger partial charge on any atom is -0.359 e. The Balaban J connectivity index is 0.000000204. The van der Waals surface area contributed by atoms with Crippen molar-refractivity contribution in [2.24, 2.45) is 5.73 Å². The molecule has 3 heterocycles. The SMILES string of the molecule is CN1CCN(CCN)CC1.Cc1cc(C)c(C=C2C(=O)Nc3ccc(Br)cc32)[nH]1. The van der Waals surface area contributed by atoms with Crippen molar-refractivity contribution in [1.29, 1.82) is 0 Å². The van der Waals surface area contributed by atoms with E-state index < -0.39 is 0 Å². The van der Waals surface area contributed by atoms with Crippen molar-refractivity contribution in [2.45, 2.75) is 13.8 Å². The Labute approximate surface area is 181 Å². The number of carbonyl (C=O) groups excluding carboxylic acids is 1. The molecule has 0 atom stereocenters. The van der Waals surface area contributed by atoms with Crippen molar-refractivity contribution in [1.82, 2.24) is 14.8 Å². The minimum absolute atomic E-state index is 0.0558. The number of nitrogens with zero attached hydrogens (tertiary/aromatic N) is 2. The van der Waals surface area contributed by atoms with Crippen LogP contribution in [0, 0.1) is 13.8 Å². The van der Waals surface area contributed by atoms with Crippen molar-refractivity contribution in [3.63, 3.8) is 0 Å². The van der Waals surface area contributed by atoms with Crippen molar-refractivity contribution < 1.29 is 4.79 Å². The average molecular weight is 460 g/mol. The van der Waals surface area contributed by atoms with Crippen LogP contribution in [0.15, 0.2) is 28.7 Å². The number of likely N-dealkylation sites (N-methyl/N-ethyl adjacent to an activating group) is 1. The van der Waals surface area contributed by atoms with Gasteiger partial charge in [0.2, 0.25) is 0 Å². The molecule has 4 rings (SSSR count). The number of aromatic nitrogens is 1. The predicted molar refractivity (Wildman–Crippen MR) is 124 cm³/mol. The van der Waals surface area contributed by atoms with Crippen LogP contribution < -0.4 is 11.1 Å². The summed E-state index contributed by atoms with van der Waals surface area (Å²) >= 11 is 3.44. The van der Waals surface area contributed by atoms with Crippen molar-refractivity contribution in [3.05, 3.63) is 51.3 Å². The molecule has 0 radical (unpaired) electrons. The molecule has 156 valence electrons. The van der Waals surface area contributed by atoms with E-state index in [4.69, 9.17) is 5.73 Å². The molecule has 1 fully saturated rings. The van der Waals surface area contributed by atoms with Crippen molar-refractivity contribution in [2.75, 3.05) is 51.6 Å². The van der Waals surface area contributed by atoms with Gasteiger partial charge >= 0.3 is 0 Å². The van der Waals surface area contributed by atoms with Crippen LogP contribution in [0.25, 0.3) is 11.6 Å². The van der Waals surface area contributed by atoms with Gasteiger partial charge in [-0.3, -0.25) is 9.69 Å². The van der Waals surface area contributed by atoms with Crippen LogP contribution in [0.1, 0.15) is 22.5 Å². The highest BCUT2D eigenvalue weighted by Crippen LogP contribution is 2.35. The van der Waals surface area contributed by atoms with E-state index in [0.29, 0.717) is 5.57 Å². The summed E-state index contributed by atoms with van der Waals surface area (Å²) in [5.41, 5.74) is 11.1. The molecule has 29 heavy (non-hydrogen) atoms. The first kappa shape index (κ1) is 21.8. The average Bonchev–Trinajstić information content (AvgIpc) is 3.16. The molecule has 1 aromatic heterocycles. The summed E-state index contributed by atoms with van der Waals surface area (Å²) in [6.45, 7) is 10.7. The lowest BCUT2D eigenvalue weighted by Gasteiger charge is -2.31. The number of piperazine rings is 1. The van der Waals surface area contributed by atoms with E-state index in [-0.39, 0.29) is 5.91 Å². The molecule has 1 aromatic carbocycles. The maximum absolute atomic E-state index is 12.1. The first-order chi connectivity index (χ1) is 13.9. The monoisotopic (exact) mass is 459 g/mol. The van der Waals surface area contributed by atoms with E-state index >= 15 is 0 Å². The number of rotatable bonds is 3. The minimum atomic E-state index is -0.0558. The zero-order chi connectivity index (χ0) is 21.0. The molecule has 0 aliphatic carbocycles. The molecule has 1 amide bonds. The van der Waals surface area contributed by atoms with Crippen LogP contribution in [0.4, 0.5) is 5.69 Å². The molecule has 0 spiro atoms. The van der Waals surface area contributed by atoms with Crippen LogP contribution >= 0.6 is 15.9 Å². The lowest BCUT2D eigenvalue weighted by Crippen LogP contribution is -2.45. The van der Waals surface area contributed by atoms with Gasteiger partial charge in [-0.05, 0) is 56.8 Å². The third kappa shape index (κ3) is 5.57. The van der Waals surface area contributed by atoms with E-state index in [9.17, 15) is 4.79 Å². The Morgan fingerprint density at radius 1 is 1.17 bits per heavy atom. The van der Waals surface area contributed by atoms with Crippen LogP contribution in [0.3, 0.4) is 0 Å². The summed E-state index contributed by atoms with van der Waals surface area (Å²) in [5.74, 6) is -0.0558. The molecule has 7 heteroatoms. The lowest BCUT2D eigenvalue weighted by atomic mass is 10.1. The molecule has 2 aliphatic rings. The van der Waals surface area contributed by atoms with Crippen LogP contribution in [-0.2, 0) is 4.79 Å². The van der Waals surface area contributed by atoms with E-state index in [1.165, 1.54) is 26.2 Å². The van der Waals surface area contributed by atoms with Gasteiger partial charge in [0.05, 0.1) is 5.57 Å². The maximum atomic E-state index is 12.1. The Bertz CT molecular complexity index is 897. The summed E-state index contributed by atoms with van der Waals surface area (Å²) in [4.78, 5) is 20.1. The summed E-state index contributed by atoms with van der Waals surface area (Å²) in [6, 6.07) is 7.86. The van der Waals surface area contributed by atoms with E-state index in [2.05, 4.69) is 49.1 Å². The predicted octanol–water partition coefficient (Wildman–Crippen LogP) is 3.08. The number of halogens is 1. The quantitative estimate of drug-likeness (QED) is 0.616. The molecule has 1 saturated heterocycles. The molecule has 4 N–H and O–H groups in total. The second-order valence-electron chi connectivity index (χ2n) is 7.68. The summed E-state index contributed by atoms with van der Waals surface area (Å²) in [7, 11) is 2.17. The first-order valence-corrected chi connectivity index (χ1v) is 10.8. The third-order valence-corrected chi connectivity index (χ3v) is 5.78. The summed E-state index contributed by atoms with van der Waals surface area (Å²) < 4.78 is 0.966. The fraction of sp³-hybridized carbons (Fsp3) is 0.409. The van der Waals surface area contributed by atoms with Crippen molar-refractivity contribution >= 4 is 39.2 Å². The Kier molecular flexibility index (Phi) is 7.29. The van der Waals surface area contributed by atoms with Gasteiger partial charge in [0.25, 0.3) is 5.91 Å². The second kappa shape index (κ2) is 9.71. The fourth-order valence-corrected chi connectivity index (χ4v) is 3.96. The third-order valence-electron chi connectivity index (χ3n) is 5.28. The summed E-state index contributed by atoms with van der Waals surface area (Å²) in [6.07, 6.45) is 1.91. The molecule has 0 unspecified atom stereocenters. The number of anilines is 1. The standard InChI is InChI=1S/C15H13BrN2O.C7H17N3/c1-8-5-9(2)17-14(8)7-12-11-6-10(16)3-4-13(11)18-15(12)19;1-9-4-6-10(3-2-8)7-5-9/h3-7,17H,1-2H3,(H,18,19);2-8H2,1H3. The number of amides is 1.